The molecule has 0 fully saturated rings. The minimum atomic E-state index is -0.181. The molecule has 4 nitrogen and oxygen atoms in total. The van der Waals surface area contributed by atoms with Crippen LogP contribution in [0.25, 0.3) is 0 Å². The molecular weight excluding hydrogens is 232 g/mol. The summed E-state index contributed by atoms with van der Waals surface area (Å²) in [5.41, 5.74) is 1.17. The first kappa shape index (κ1) is 12.9. The standard InChI is InChI=1S/C14H18O4/c1-16-6-7-17-14(15)9-11-8-12-4-2-3-5-13(12)18-10-11/h2-5,11H,6-10H2,1H3. The number of carbonyl (C=O) groups excluding carboxylic acids is 1. The molecule has 1 atom stereocenters. The molecule has 0 saturated heterocycles. The predicted octanol–water partition coefficient (Wildman–Crippen LogP) is 1.82. The van der Waals surface area contributed by atoms with Crippen LogP contribution in [0.4, 0.5) is 0 Å². The number of hydrogen-bond donors (Lipinski definition) is 0. The largest absolute Gasteiger partial charge is 0.493 e. The number of methoxy groups -OCH3 is 1. The molecular formula is C14H18O4. The van der Waals surface area contributed by atoms with E-state index in [0.717, 1.165) is 12.2 Å². The molecule has 1 aliphatic heterocycles. The molecule has 0 radical (unpaired) electrons. The van der Waals surface area contributed by atoms with Crippen LogP contribution < -0.4 is 4.74 Å². The van der Waals surface area contributed by atoms with E-state index in [-0.39, 0.29) is 11.9 Å². The van der Waals surface area contributed by atoms with Crippen LogP contribution in [0.2, 0.25) is 0 Å². The summed E-state index contributed by atoms with van der Waals surface area (Å²) in [4.78, 5) is 11.6. The Morgan fingerprint density at radius 1 is 1.39 bits per heavy atom. The molecule has 1 aliphatic rings. The second-order valence-electron chi connectivity index (χ2n) is 4.41. The average Bonchev–Trinajstić information content (AvgIpc) is 2.39. The van der Waals surface area contributed by atoms with E-state index in [0.29, 0.717) is 26.2 Å². The van der Waals surface area contributed by atoms with Crippen molar-refractivity contribution in [1.82, 2.24) is 0 Å². The van der Waals surface area contributed by atoms with Crippen molar-refractivity contribution in [1.29, 1.82) is 0 Å². The Bertz CT molecular complexity index is 403. The molecule has 0 N–H and O–H groups in total. The summed E-state index contributed by atoms with van der Waals surface area (Å²) < 4.78 is 15.5. The Morgan fingerprint density at radius 3 is 3.06 bits per heavy atom. The molecule has 98 valence electrons. The molecule has 0 spiro atoms. The molecule has 1 heterocycles. The first-order valence-corrected chi connectivity index (χ1v) is 6.15. The fourth-order valence-corrected chi connectivity index (χ4v) is 2.06. The highest BCUT2D eigenvalue weighted by molar-refractivity contribution is 5.69. The number of para-hydroxylation sites is 1. The van der Waals surface area contributed by atoms with Gasteiger partial charge in [0, 0.05) is 13.0 Å². The molecule has 0 saturated carbocycles. The van der Waals surface area contributed by atoms with E-state index in [1.165, 1.54) is 5.56 Å². The third-order valence-corrected chi connectivity index (χ3v) is 2.96. The van der Waals surface area contributed by atoms with Crippen molar-refractivity contribution >= 4 is 5.97 Å². The number of fused-ring (bicyclic) bond motifs is 1. The first-order valence-electron chi connectivity index (χ1n) is 6.15. The lowest BCUT2D eigenvalue weighted by Crippen LogP contribution is -2.24. The SMILES string of the molecule is COCCOC(=O)CC1COc2ccccc2C1. The van der Waals surface area contributed by atoms with Crippen LogP contribution in [0.3, 0.4) is 0 Å². The smallest absolute Gasteiger partial charge is 0.306 e. The topological polar surface area (TPSA) is 44.8 Å². The van der Waals surface area contributed by atoms with Gasteiger partial charge in [-0.1, -0.05) is 18.2 Å². The summed E-state index contributed by atoms with van der Waals surface area (Å²) in [5.74, 6) is 0.955. The lowest BCUT2D eigenvalue weighted by atomic mass is 9.94. The van der Waals surface area contributed by atoms with E-state index >= 15 is 0 Å². The van der Waals surface area contributed by atoms with Crippen molar-refractivity contribution in [3.8, 4) is 5.75 Å². The van der Waals surface area contributed by atoms with Crippen molar-refractivity contribution in [3.63, 3.8) is 0 Å². The van der Waals surface area contributed by atoms with Crippen molar-refractivity contribution < 1.29 is 19.0 Å². The summed E-state index contributed by atoms with van der Waals surface area (Å²) >= 11 is 0. The maximum absolute atomic E-state index is 11.6. The second-order valence-corrected chi connectivity index (χ2v) is 4.41. The van der Waals surface area contributed by atoms with E-state index < -0.39 is 0 Å². The number of hydrogen-bond acceptors (Lipinski definition) is 4. The minimum Gasteiger partial charge on any atom is -0.493 e. The Hall–Kier alpha value is -1.55. The third-order valence-electron chi connectivity index (χ3n) is 2.96. The van der Waals surface area contributed by atoms with Crippen LogP contribution in [-0.4, -0.2) is 32.9 Å². The van der Waals surface area contributed by atoms with Gasteiger partial charge in [0.05, 0.1) is 19.6 Å². The summed E-state index contributed by atoms with van der Waals surface area (Å²) in [6, 6.07) is 7.94. The molecule has 0 aliphatic carbocycles. The van der Waals surface area contributed by atoms with Gasteiger partial charge in [-0.2, -0.15) is 0 Å². The Balaban J connectivity index is 1.80. The average molecular weight is 250 g/mol. The third kappa shape index (κ3) is 3.47. The van der Waals surface area contributed by atoms with Crippen molar-refractivity contribution in [2.24, 2.45) is 5.92 Å². The van der Waals surface area contributed by atoms with E-state index in [4.69, 9.17) is 14.2 Å². The van der Waals surface area contributed by atoms with Gasteiger partial charge in [-0.3, -0.25) is 4.79 Å². The lowest BCUT2D eigenvalue weighted by molar-refractivity contribution is -0.146. The van der Waals surface area contributed by atoms with Crippen LogP contribution in [0, 0.1) is 5.92 Å². The van der Waals surface area contributed by atoms with Gasteiger partial charge in [0.25, 0.3) is 0 Å². The molecule has 1 aromatic rings. The second kappa shape index (κ2) is 6.40. The molecule has 0 bridgehead atoms. The maximum Gasteiger partial charge on any atom is 0.306 e. The van der Waals surface area contributed by atoms with Gasteiger partial charge in [0.1, 0.15) is 12.4 Å². The van der Waals surface area contributed by atoms with Crippen LogP contribution >= 0.6 is 0 Å². The van der Waals surface area contributed by atoms with E-state index in [2.05, 4.69) is 0 Å². The summed E-state index contributed by atoms with van der Waals surface area (Å²) in [6.45, 7) is 1.34. The van der Waals surface area contributed by atoms with Crippen molar-refractivity contribution in [2.45, 2.75) is 12.8 Å². The zero-order chi connectivity index (χ0) is 12.8. The fourth-order valence-electron chi connectivity index (χ4n) is 2.06. The van der Waals surface area contributed by atoms with Crippen molar-refractivity contribution in [3.05, 3.63) is 29.8 Å². The van der Waals surface area contributed by atoms with E-state index in [1.54, 1.807) is 7.11 Å². The molecule has 0 aromatic heterocycles. The number of rotatable bonds is 5. The van der Waals surface area contributed by atoms with E-state index in [9.17, 15) is 4.79 Å². The normalized spacial score (nSPS) is 17.7. The number of ether oxygens (including phenoxy) is 3. The van der Waals surface area contributed by atoms with Gasteiger partial charge in [-0.25, -0.2) is 0 Å². The Morgan fingerprint density at radius 2 is 2.22 bits per heavy atom. The number of esters is 1. The van der Waals surface area contributed by atoms with Gasteiger partial charge in [0.15, 0.2) is 0 Å². The zero-order valence-corrected chi connectivity index (χ0v) is 10.6. The summed E-state index contributed by atoms with van der Waals surface area (Å²) in [6.07, 6.45) is 1.27. The molecule has 1 aromatic carbocycles. The van der Waals surface area contributed by atoms with Gasteiger partial charge >= 0.3 is 5.97 Å². The summed E-state index contributed by atoms with van der Waals surface area (Å²) in [7, 11) is 1.58. The van der Waals surface area contributed by atoms with Gasteiger partial charge in [-0.05, 0) is 18.1 Å². The van der Waals surface area contributed by atoms with Crippen LogP contribution in [0.15, 0.2) is 24.3 Å². The molecule has 18 heavy (non-hydrogen) atoms. The van der Waals surface area contributed by atoms with Crippen LogP contribution in [0.1, 0.15) is 12.0 Å². The highest BCUT2D eigenvalue weighted by Crippen LogP contribution is 2.28. The maximum atomic E-state index is 11.6. The highest BCUT2D eigenvalue weighted by Gasteiger charge is 2.22. The van der Waals surface area contributed by atoms with Crippen LogP contribution in [-0.2, 0) is 20.7 Å². The Labute approximate surface area is 107 Å². The quantitative estimate of drug-likeness (QED) is 0.590. The zero-order valence-electron chi connectivity index (χ0n) is 10.6. The first-order chi connectivity index (χ1) is 8.79. The molecule has 4 heteroatoms. The Kier molecular flexibility index (Phi) is 4.59. The van der Waals surface area contributed by atoms with Gasteiger partial charge < -0.3 is 14.2 Å². The molecule has 0 amide bonds. The van der Waals surface area contributed by atoms with Crippen molar-refractivity contribution in [2.75, 3.05) is 26.9 Å². The van der Waals surface area contributed by atoms with E-state index in [1.807, 2.05) is 24.3 Å². The lowest BCUT2D eigenvalue weighted by Gasteiger charge is -2.24. The summed E-state index contributed by atoms with van der Waals surface area (Å²) in [5, 5.41) is 0. The van der Waals surface area contributed by atoms with Gasteiger partial charge in [-0.15, -0.1) is 0 Å². The fraction of sp³-hybridized carbons (Fsp3) is 0.500. The van der Waals surface area contributed by atoms with Crippen LogP contribution in [0.5, 0.6) is 5.75 Å². The number of benzene rings is 1. The highest BCUT2D eigenvalue weighted by atomic mass is 16.6. The monoisotopic (exact) mass is 250 g/mol. The predicted molar refractivity (Wildman–Crippen MR) is 66.6 cm³/mol. The van der Waals surface area contributed by atoms with Gasteiger partial charge in [0.2, 0.25) is 0 Å². The molecule has 1 unspecified atom stereocenters. The molecule has 2 rings (SSSR count). The minimum absolute atomic E-state index is 0.181. The number of carbonyl (C=O) groups is 1.